The largest absolute Gasteiger partial charge is 1.00 e. The van der Waals surface area contributed by atoms with Gasteiger partial charge in [-0.25, -0.2) is 0 Å². The predicted molar refractivity (Wildman–Crippen MR) is 120 cm³/mol. The molecular formula is C21H22BrClNNaO8. The number of carbonyl (C=O) groups is 2. The van der Waals surface area contributed by atoms with E-state index in [0.29, 0.717) is 33.2 Å². The number of halogens is 2. The number of ketones is 2. The Labute approximate surface area is 227 Å². The van der Waals surface area contributed by atoms with Crippen molar-refractivity contribution >= 4 is 39.1 Å². The number of benzene rings is 2. The Morgan fingerprint density at radius 1 is 1.03 bits per heavy atom. The molecule has 12 heteroatoms. The van der Waals surface area contributed by atoms with Crippen molar-refractivity contribution in [2.45, 2.75) is 13.8 Å². The maximum absolute atomic E-state index is 11.2. The average molecular weight is 555 g/mol. The molecule has 2 aromatic carbocycles. The Kier molecular flexibility index (Phi) is 17.3. The van der Waals surface area contributed by atoms with Crippen LogP contribution in [0, 0.1) is 11.8 Å². The molecule has 1 aliphatic heterocycles. The fraction of sp³-hybridized carbons (Fsp3) is 0.286. The molecule has 0 fully saturated rings. The minimum atomic E-state index is -0.357. The molecule has 0 amide bonds. The summed E-state index contributed by atoms with van der Waals surface area (Å²) in [6.45, 7) is 7.79. The third-order valence-corrected chi connectivity index (χ3v) is 3.75. The van der Waals surface area contributed by atoms with Gasteiger partial charge in [0.05, 0.1) is 19.0 Å². The van der Waals surface area contributed by atoms with E-state index in [1.807, 2.05) is 0 Å². The van der Waals surface area contributed by atoms with Crippen molar-refractivity contribution in [3.8, 4) is 34.5 Å². The van der Waals surface area contributed by atoms with Crippen LogP contribution in [0.25, 0.3) is 0 Å². The van der Waals surface area contributed by atoms with Gasteiger partial charge in [0.15, 0.2) is 34.6 Å². The van der Waals surface area contributed by atoms with Crippen molar-refractivity contribution in [3.63, 3.8) is 0 Å². The number of hydrogen-bond donors (Lipinski definition) is 2. The van der Waals surface area contributed by atoms with Crippen LogP contribution in [0.15, 0.2) is 24.3 Å². The number of Topliss-reactive ketones (excluding diaryl/α,β-unsaturated/α-hetero) is 2. The van der Waals surface area contributed by atoms with E-state index in [-0.39, 0.29) is 65.2 Å². The third kappa shape index (κ3) is 10.1. The summed E-state index contributed by atoms with van der Waals surface area (Å²) < 4.78 is 20.2. The summed E-state index contributed by atoms with van der Waals surface area (Å²) in [5, 5.41) is 24.6. The van der Waals surface area contributed by atoms with Crippen molar-refractivity contribution in [1.82, 2.24) is 0 Å². The van der Waals surface area contributed by atoms with Crippen molar-refractivity contribution in [2.24, 2.45) is 0 Å². The van der Waals surface area contributed by atoms with Gasteiger partial charge >= 0.3 is 29.6 Å². The van der Waals surface area contributed by atoms with Gasteiger partial charge in [-0.15, -0.1) is 11.6 Å². The Bertz CT molecular complexity index is 956. The molecule has 0 aromatic heterocycles. The molecular weight excluding hydrogens is 533 g/mol. The standard InChI is InChI=1S/C10H10O4.C9H10O4.CH2BrCl.CN.Na/c1-6(11)7-3-8(12-2)10-9(4-7)13-5-14-10;1-5(10)6-3-7(11)9(12)8(4-6)13-2;2-1-3;1-2;/h3-4H,5H2,1-2H3;3-4,11-12H,1-2H3;1H2;;/q;;;-1;+1. The van der Waals surface area contributed by atoms with E-state index in [1.54, 1.807) is 12.1 Å². The number of hydrogen-bond acceptors (Lipinski definition) is 9. The molecule has 9 nitrogen and oxygen atoms in total. The molecule has 174 valence electrons. The van der Waals surface area contributed by atoms with Crippen LogP contribution in [-0.2, 0) is 0 Å². The summed E-state index contributed by atoms with van der Waals surface area (Å²) >= 11 is 7.83. The van der Waals surface area contributed by atoms with Gasteiger partial charge in [-0.2, -0.15) is 0 Å². The Hall–Kier alpha value is -2.16. The van der Waals surface area contributed by atoms with E-state index in [4.69, 9.17) is 42.4 Å². The van der Waals surface area contributed by atoms with Gasteiger partial charge in [-0.1, -0.05) is 15.9 Å². The minimum Gasteiger partial charge on any atom is -0.512 e. The molecule has 1 aliphatic rings. The van der Waals surface area contributed by atoms with E-state index >= 15 is 0 Å². The van der Waals surface area contributed by atoms with Crippen molar-refractivity contribution in [2.75, 3.05) is 25.8 Å². The molecule has 0 radical (unpaired) electrons. The number of phenolic OH excluding ortho intramolecular Hbond substituents is 2. The van der Waals surface area contributed by atoms with Crippen LogP contribution in [0.5, 0.6) is 34.5 Å². The van der Waals surface area contributed by atoms with Gasteiger partial charge < -0.3 is 41.0 Å². The zero-order chi connectivity index (χ0) is 24.8. The Balaban J connectivity index is 0. The number of rotatable bonds is 4. The smallest absolute Gasteiger partial charge is 0.512 e. The molecule has 0 unspecified atom stereocenters. The molecule has 0 spiro atoms. The molecule has 0 saturated carbocycles. The fourth-order valence-corrected chi connectivity index (χ4v) is 2.28. The second-order valence-corrected chi connectivity index (χ2v) is 7.15. The first-order chi connectivity index (χ1) is 15.2. The topological polar surface area (TPSA) is 135 Å². The van der Waals surface area contributed by atoms with Gasteiger partial charge in [0.2, 0.25) is 18.3 Å². The summed E-state index contributed by atoms with van der Waals surface area (Å²) in [6, 6.07) is 5.88. The number of aromatic hydroxyl groups is 2. The molecule has 0 bridgehead atoms. The van der Waals surface area contributed by atoms with Crippen molar-refractivity contribution in [1.29, 1.82) is 5.26 Å². The van der Waals surface area contributed by atoms with Gasteiger partial charge in [0, 0.05) is 11.1 Å². The molecule has 2 N–H and O–H groups in total. The van der Waals surface area contributed by atoms with Crippen LogP contribution in [-0.4, -0.2) is 47.6 Å². The molecule has 0 saturated heterocycles. The van der Waals surface area contributed by atoms with E-state index < -0.39 is 0 Å². The van der Waals surface area contributed by atoms with E-state index in [2.05, 4.69) is 15.9 Å². The predicted octanol–water partition coefficient (Wildman–Crippen LogP) is 1.61. The summed E-state index contributed by atoms with van der Waals surface area (Å²) in [7, 11) is 2.87. The van der Waals surface area contributed by atoms with Crippen molar-refractivity contribution in [3.05, 3.63) is 42.0 Å². The van der Waals surface area contributed by atoms with Crippen LogP contribution in [0.2, 0.25) is 0 Å². The van der Waals surface area contributed by atoms with Crippen LogP contribution >= 0.6 is 27.5 Å². The Morgan fingerprint density at radius 3 is 1.94 bits per heavy atom. The molecule has 2 aromatic rings. The van der Waals surface area contributed by atoms with E-state index in [0.717, 1.165) is 0 Å². The minimum absolute atomic E-state index is 0. The third-order valence-electron chi connectivity index (χ3n) is 3.75. The van der Waals surface area contributed by atoms with Gasteiger partial charge in [-0.05, 0) is 38.1 Å². The Morgan fingerprint density at radius 2 is 1.48 bits per heavy atom. The van der Waals surface area contributed by atoms with Crippen molar-refractivity contribution < 1.29 is 68.3 Å². The fourth-order valence-electron chi connectivity index (χ4n) is 2.28. The summed E-state index contributed by atoms with van der Waals surface area (Å²) in [5.74, 6) is 0.815. The van der Waals surface area contributed by atoms with Crippen LogP contribution in [0.3, 0.4) is 0 Å². The SMILES string of the molecule is COc1cc(C(C)=O)cc(O)c1O.COc1cc(C(C)=O)cc2c1OCO2.ClCBr.[C-]#N.[Na+]. The number of alkyl halides is 2. The quantitative estimate of drug-likeness (QED) is 0.190. The van der Waals surface area contributed by atoms with Crippen LogP contribution in [0.4, 0.5) is 0 Å². The normalized spacial score (nSPS) is 9.82. The number of phenols is 2. The first-order valence-corrected chi connectivity index (χ1v) is 10.3. The van der Waals surface area contributed by atoms with Gasteiger partial charge in [-0.3, -0.25) is 9.59 Å². The first-order valence-electron chi connectivity index (χ1n) is 8.63. The number of ether oxygens (including phenoxy) is 4. The molecule has 1 heterocycles. The summed E-state index contributed by atoms with van der Waals surface area (Å²) in [4.78, 5) is 22.6. The number of fused-ring (bicyclic) bond motifs is 1. The van der Waals surface area contributed by atoms with Crippen LogP contribution in [0.1, 0.15) is 34.6 Å². The van der Waals surface area contributed by atoms with Gasteiger partial charge in [0.25, 0.3) is 0 Å². The number of nitrogens with zero attached hydrogens (tertiary/aromatic N) is 1. The summed E-state index contributed by atoms with van der Waals surface area (Å²) in [6.07, 6.45) is 0. The monoisotopic (exact) mass is 553 g/mol. The van der Waals surface area contributed by atoms with E-state index in [9.17, 15) is 19.8 Å². The molecule has 33 heavy (non-hydrogen) atoms. The summed E-state index contributed by atoms with van der Waals surface area (Å²) in [5.41, 5.74) is 0.859. The molecule has 0 aliphatic carbocycles. The second-order valence-electron chi connectivity index (χ2n) is 5.67. The maximum atomic E-state index is 11.2. The molecule has 0 atom stereocenters. The van der Waals surface area contributed by atoms with E-state index in [1.165, 1.54) is 40.2 Å². The average Bonchev–Trinajstić information content (AvgIpc) is 3.26. The molecule has 3 rings (SSSR count). The van der Waals surface area contributed by atoms with Gasteiger partial charge in [0.1, 0.15) is 0 Å². The second kappa shape index (κ2) is 17.3. The maximum Gasteiger partial charge on any atom is 1.00 e. The first kappa shape index (κ1) is 33.0. The zero-order valence-corrected chi connectivity index (χ0v) is 23.1. The number of carbonyl (C=O) groups excluding carboxylic acids is 2. The zero-order valence-electron chi connectivity index (χ0n) is 18.8. The number of methoxy groups -OCH3 is 2. The van der Waals surface area contributed by atoms with Crippen LogP contribution < -0.4 is 48.5 Å².